The number of hydrogen-bond acceptors (Lipinski definition) is 4. The summed E-state index contributed by atoms with van der Waals surface area (Å²) in [4.78, 5) is 18.2. The third-order valence-electron chi connectivity index (χ3n) is 7.76. The van der Waals surface area contributed by atoms with Gasteiger partial charge in [0.05, 0.1) is 13.2 Å². The van der Waals surface area contributed by atoms with Crippen LogP contribution < -0.4 is 5.56 Å². The third-order valence-corrected chi connectivity index (χ3v) is 7.76. The number of ether oxygens (including phenoxy) is 1. The first-order valence-corrected chi connectivity index (χ1v) is 11.6. The quantitative estimate of drug-likeness (QED) is 0.758. The van der Waals surface area contributed by atoms with Crippen LogP contribution in [0.1, 0.15) is 29.2 Å². The summed E-state index contributed by atoms with van der Waals surface area (Å²) in [7, 11) is 0. The summed E-state index contributed by atoms with van der Waals surface area (Å²) in [6, 6.07) is 11.2. The van der Waals surface area contributed by atoms with Gasteiger partial charge in [-0.05, 0) is 36.1 Å². The Balaban J connectivity index is 1.18. The zero-order valence-electron chi connectivity index (χ0n) is 17.9. The van der Waals surface area contributed by atoms with E-state index in [-0.39, 0.29) is 11.4 Å². The standard InChI is InChI=1S/C25H30FN3O2/c26-23-3-1-2-17(7-23)8-27-9-18-6-20(12-27)24-5-4-19(25(30)29(24)10-18)11-28-13-21-15-31-16-22(21)14-28/h1-5,7,18,20-22H,6,8-16H2/t18-,20+,21-,22+/m0/s1. The van der Waals surface area contributed by atoms with Crippen molar-refractivity contribution >= 4 is 0 Å². The Labute approximate surface area is 182 Å². The summed E-state index contributed by atoms with van der Waals surface area (Å²) in [5.74, 6) is 1.98. The van der Waals surface area contributed by atoms with Gasteiger partial charge in [0, 0.05) is 74.8 Å². The predicted octanol–water partition coefficient (Wildman–Crippen LogP) is 2.68. The zero-order valence-corrected chi connectivity index (χ0v) is 17.9. The fourth-order valence-electron chi connectivity index (χ4n) is 6.39. The highest BCUT2D eigenvalue weighted by Crippen LogP contribution is 2.36. The van der Waals surface area contributed by atoms with Crippen molar-refractivity contribution in [3.8, 4) is 0 Å². The number of fused-ring (bicyclic) bond motifs is 5. The SMILES string of the molecule is O=c1c(CN2C[C@H]3COC[C@H]3C2)ccc2n1C[C@H]1C[C@@H]2CN(Cc2cccc(F)c2)C1. The van der Waals surface area contributed by atoms with Crippen molar-refractivity contribution in [2.45, 2.75) is 32.0 Å². The van der Waals surface area contributed by atoms with Crippen LogP contribution in [0.5, 0.6) is 0 Å². The second-order valence-corrected chi connectivity index (χ2v) is 10.1. The van der Waals surface area contributed by atoms with Crippen LogP contribution in [0.25, 0.3) is 0 Å². The van der Waals surface area contributed by atoms with Gasteiger partial charge in [-0.1, -0.05) is 18.2 Å². The van der Waals surface area contributed by atoms with Crippen molar-refractivity contribution in [1.29, 1.82) is 0 Å². The lowest BCUT2D eigenvalue weighted by molar-refractivity contribution is 0.114. The largest absolute Gasteiger partial charge is 0.381 e. The molecule has 4 atom stereocenters. The summed E-state index contributed by atoms with van der Waals surface area (Å²) in [5.41, 5.74) is 3.34. The first-order valence-electron chi connectivity index (χ1n) is 11.6. The van der Waals surface area contributed by atoms with Crippen LogP contribution in [-0.4, -0.2) is 53.8 Å². The molecule has 2 bridgehead atoms. The average molecular weight is 424 g/mol. The molecular formula is C25H30FN3O2. The van der Waals surface area contributed by atoms with Gasteiger partial charge in [-0.25, -0.2) is 4.39 Å². The van der Waals surface area contributed by atoms with E-state index in [9.17, 15) is 9.18 Å². The minimum Gasteiger partial charge on any atom is -0.381 e. The van der Waals surface area contributed by atoms with Crippen LogP contribution in [0.3, 0.4) is 0 Å². The van der Waals surface area contributed by atoms with Crippen LogP contribution in [0.2, 0.25) is 0 Å². The molecule has 0 spiro atoms. The Morgan fingerprint density at radius 2 is 1.74 bits per heavy atom. The number of aromatic nitrogens is 1. The fraction of sp³-hybridized carbons (Fsp3) is 0.560. The molecule has 0 N–H and O–H groups in total. The molecule has 4 aliphatic rings. The molecule has 5 heterocycles. The van der Waals surface area contributed by atoms with Crippen molar-refractivity contribution in [1.82, 2.24) is 14.4 Å². The van der Waals surface area contributed by atoms with E-state index in [4.69, 9.17) is 4.74 Å². The van der Waals surface area contributed by atoms with Crippen molar-refractivity contribution in [2.24, 2.45) is 17.8 Å². The highest BCUT2D eigenvalue weighted by Gasteiger charge is 2.38. The second-order valence-electron chi connectivity index (χ2n) is 10.1. The van der Waals surface area contributed by atoms with E-state index in [2.05, 4.69) is 26.5 Å². The first kappa shape index (κ1) is 19.6. The Hall–Kier alpha value is -2.02. The van der Waals surface area contributed by atoms with Crippen LogP contribution >= 0.6 is 0 Å². The van der Waals surface area contributed by atoms with Crippen LogP contribution in [0, 0.1) is 23.6 Å². The number of nitrogens with zero attached hydrogens (tertiary/aromatic N) is 3. The van der Waals surface area contributed by atoms with Crippen LogP contribution in [0.15, 0.2) is 41.2 Å². The monoisotopic (exact) mass is 423 g/mol. The number of rotatable bonds is 4. The molecule has 3 saturated heterocycles. The van der Waals surface area contributed by atoms with Crippen molar-refractivity contribution < 1.29 is 9.13 Å². The second kappa shape index (κ2) is 7.84. The van der Waals surface area contributed by atoms with Gasteiger partial charge in [0.1, 0.15) is 5.82 Å². The van der Waals surface area contributed by atoms with Gasteiger partial charge in [0.2, 0.25) is 0 Å². The summed E-state index contributed by atoms with van der Waals surface area (Å²) < 4.78 is 21.2. The number of pyridine rings is 1. The van der Waals surface area contributed by atoms with Gasteiger partial charge in [-0.3, -0.25) is 14.6 Å². The molecule has 164 valence electrons. The number of benzene rings is 1. The van der Waals surface area contributed by atoms with Gasteiger partial charge < -0.3 is 9.30 Å². The Kier molecular flexibility index (Phi) is 4.97. The molecule has 0 saturated carbocycles. The van der Waals surface area contributed by atoms with E-state index in [0.29, 0.717) is 23.7 Å². The molecule has 2 aromatic rings. The summed E-state index contributed by atoms with van der Waals surface area (Å²) in [6.07, 6.45) is 1.15. The predicted molar refractivity (Wildman–Crippen MR) is 116 cm³/mol. The van der Waals surface area contributed by atoms with Crippen molar-refractivity contribution in [2.75, 3.05) is 39.4 Å². The van der Waals surface area contributed by atoms with Crippen LogP contribution in [-0.2, 0) is 24.4 Å². The molecule has 1 aromatic heterocycles. The van der Waals surface area contributed by atoms with E-state index in [0.717, 1.165) is 76.6 Å². The highest BCUT2D eigenvalue weighted by molar-refractivity contribution is 5.23. The summed E-state index contributed by atoms with van der Waals surface area (Å²) >= 11 is 0. The first-order chi connectivity index (χ1) is 15.1. The lowest BCUT2D eigenvalue weighted by Gasteiger charge is -2.43. The summed E-state index contributed by atoms with van der Waals surface area (Å²) in [5, 5.41) is 0. The van der Waals surface area contributed by atoms with Gasteiger partial charge in [0.25, 0.3) is 5.56 Å². The van der Waals surface area contributed by atoms with Gasteiger partial charge in [0.15, 0.2) is 0 Å². The molecular weight excluding hydrogens is 393 g/mol. The molecule has 5 nitrogen and oxygen atoms in total. The molecule has 6 rings (SSSR count). The number of hydrogen-bond donors (Lipinski definition) is 0. The Morgan fingerprint density at radius 3 is 2.55 bits per heavy atom. The maximum Gasteiger partial charge on any atom is 0.255 e. The normalized spacial score (nSPS) is 30.4. The Bertz CT molecular complexity index is 1030. The van der Waals surface area contributed by atoms with Gasteiger partial charge in [-0.2, -0.15) is 0 Å². The minimum atomic E-state index is -0.173. The molecule has 0 amide bonds. The molecule has 0 radical (unpaired) electrons. The minimum absolute atomic E-state index is 0.173. The summed E-state index contributed by atoms with van der Waals surface area (Å²) in [6.45, 7) is 8.08. The maximum absolute atomic E-state index is 13.6. The van der Waals surface area contributed by atoms with E-state index in [1.165, 1.54) is 11.8 Å². The van der Waals surface area contributed by atoms with Crippen molar-refractivity contribution in [3.05, 3.63) is 69.4 Å². The molecule has 1 aromatic carbocycles. The lowest BCUT2D eigenvalue weighted by Crippen LogP contribution is -2.47. The van der Waals surface area contributed by atoms with E-state index in [1.54, 1.807) is 12.1 Å². The molecule has 3 fully saturated rings. The molecule has 4 aliphatic heterocycles. The van der Waals surface area contributed by atoms with Gasteiger partial charge in [-0.15, -0.1) is 0 Å². The number of piperidine rings is 1. The molecule has 31 heavy (non-hydrogen) atoms. The van der Waals surface area contributed by atoms with E-state index >= 15 is 0 Å². The van der Waals surface area contributed by atoms with Crippen LogP contribution in [0.4, 0.5) is 4.39 Å². The van der Waals surface area contributed by atoms with Crippen molar-refractivity contribution in [3.63, 3.8) is 0 Å². The maximum atomic E-state index is 13.6. The molecule has 0 aliphatic carbocycles. The molecule has 6 heteroatoms. The van der Waals surface area contributed by atoms with Gasteiger partial charge >= 0.3 is 0 Å². The highest BCUT2D eigenvalue weighted by atomic mass is 19.1. The van der Waals surface area contributed by atoms with E-state index < -0.39 is 0 Å². The smallest absolute Gasteiger partial charge is 0.255 e. The fourth-order valence-corrected chi connectivity index (χ4v) is 6.39. The average Bonchev–Trinajstić information content (AvgIpc) is 3.32. The Morgan fingerprint density at radius 1 is 0.935 bits per heavy atom. The number of halogens is 1. The topological polar surface area (TPSA) is 37.7 Å². The van der Waals surface area contributed by atoms with E-state index in [1.807, 2.05) is 6.07 Å². The third kappa shape index (κ3) is 3.75. The lowest BCUT2D eigenvalue weighted by atomic mass is 9.82. The molecule has 0 unspecified atom stereocenters. The number of likely N-dealkylation sites (tertiary alicyclic amines) is 2. The zero-order chi connectivity index (χ0) is 20.9.